The van der Waals surface area contributed by atoms with Crippen molar-refractivity contribution in [2.45, 2.75) is 64.4 Å². The first kappa shape index (κ1) is 11.6. The summed E-state index contributed by atoms with van der Waals surface area (Å²) in [7, 11) is 0. The number of aliphatic hydroxyl groups is 1. The third-order valence-electron chi connectivity index (χ3n) is 3.57. The fourth-order valence-corrected chi connectivity index (χ4v) is 2.54. The summed E-state index contributed by atoms with van der Waals surface area (Å²) in [6.45, 7) is 4.30. The van der Waals surface area contributed by atoms with Crippen molar-refractivity contribution in [3.05, 3.63) is 17.2 Å². The Bertz CT molecular complexity index is 338. The van der Waals surface area contributed by atoms with Crippen molar-refractivity contribution in [1.82, 2.24) is 9.97 Å². The molecule has 0 atom stereocenters. The summed E-state index contributed by atoms with van der Waals surface area (Å²) in [5.41, 5.74) is 2.45. The molecule has 1 aliphatic rings. The number of hydrogen-bond donors (Lipinski definition) is 2. The quantitative estimate of drug-likeness (QED) is 0.826. The van der Waals surface area contributed by atoms with Gasteiger partial charge in [0.15, 0.2) is 0 Å². The lowest BCUT2D eigenvalue weighted by atomic mass is 9.87. The summed E-state index contributed by atoms with van der Waals surface area (Å²) >= 11 is 0. The molecule has 3 heteroatoms. The van der Waals surface area contributed by atoms with Crippen molar-refractivity contribution in [2.24, 2.45) is 0 Å². The van der Waals surface area contributed by atoms with E-state index < -0.39 is 0 Å². The number of aliphatic hydroxyl groups excluding tert-OH is 1. The van der Waals surface area contributed by atoms with Crippen LogP contribution in [0.5, 0.6) is 0 Å². The van der Waals surface area contributed by atoms with Crippen LogP contribution in [0.2, 0.25) is 0 Å². The number of hydrogen-bond acceptors (Lipinski definition) is 2. The Labute approximate surface area is 97.3 Å². The molecular formula is C13H22N2O. The van der Waals surface area contributed by atoms with E-state index in [9.17, 15) is 5.11 Å². The lowest BCUT2D eigenvalue weighted by Gasteiger charge is -2.23. The fourth-order valence-electron chi connectivity index (χ4n) is 2.54. The van der Waals surface area contributed by atoms with E-state index in [1.54, 1.807) is 0 Å². The van der Waals surface area contributed by atoms with Crippen LogP contribution >= 0.6 is 0 Å². The maximum absolute atomic E-state index is 9.49. The number of imidazole rings is 1. The van der Waals surface area contributed by atoms with Gasteiger partial charge >= 0.3 is 0 Å². The average Bonchev–Trinajstić information content (AvgIpc) is 2.62. The smallest absolute Gasteiger partial charge is 0.109 e. The van der Waals surface area contributed by atoms with Crippen LogP contribution in [0.15, 0.2) is 0 Å². The molecule has 0 bridgehead atoms. The summed E-state index contributed by atoms with van der Waals surface area (Å²) in [5.74, 6) is 1.68. The van der Waals surface area contributed by atoms with E-state index in [2.05, 4.69) is 18.8 Å². The third-order valence-corrected chi connectivity index (χ3v) is 3.57. The molecule has 0 saturated heterocycles. The Hall–Kier alpha value is -0.830. The van der Waals surface area contributed by atoms with Crippen LogP contribution < -0.4 is 0 Å². The maximum atomic E-state index is 9.49. The minimum Gasteiger partial charge on any atom is -0.393 e. The molecule has 1 aliphatic carbocycles. The van der Waals surface area contributed by atoms with Crippen molar-refractivity contribution >= 4 is 0 Å². The largest absolute Gasteiger partial charge is 0.393 e. The van der Waals surface area contributed by atoms with Gasteiger partial charge in [0.1, 0.15) is 5.82 Å². The number of aromatic nitrogens is 2. The normalized spacial score (nSPS) is 25.9. The zero-order chi connectivity index (χ0) is 11.5. The molecule has 1 saturated carbocycles. The van der Waals surface area contributed by atoms with E-state index in [-0.39, 0.29) is 6.10 Å². The van der Waals surface area contributed by atoms with Gasteiger partial charge in [-0.2, -0.15) is 0 Å². The molecule has 1 heterocycles. The van der Waals surface area contributed by atoms with Gasteiger partial charge in [-0.05, 0) is 39.0 Å². The summed E-state index contributed by atoms with van der Waals surface area (Å²) in [6, 6.07) is 0. The fraction of sp³-hybridized carbons (Fsp3) is 0.769. The lowest BCUT2D eigenvalue weighted by Crippen LogP contribution is -2.17. The standard InChI is InChI=1S/C13H22N2O/c1-3-4-12-9(2)14-13(15-12)10-5-7-11(16)8-6-10/h10-11,16H,3-8H2,1-2H3,(H,14,15). The summed E-state index contributed by atoms with van der Waals surface area (Å²) in [4.78, 5) is 8.13. The van der Waals surface area contributed by atoms with Crippen LogP contribution in [0.25, 0.3) is 0 Å². The molecule has 2 rings (SSSR count). The average molecular weight is 222 g/mol. The highest BCUT2D eigenvalue weighted by Gasteiger charge is 2.23. The Morgan fingerprint density at radius 3 is 2.62 bits per heavy atom. The lowest BCUT2D eigenvalue weighted by molar-refractivity contribution is 0.121. The monoisotopic (exact) mass is 222 g/mol. The first-order chi connectivity index (χ1) is 7.70. The molecule has 0 radical (unpaired) electrons. The number of aryl methyl sites for hydroxylation is 2. The van der Waals surface area contributed by atoms with Crippen LogP contribution in [-0.2, 0) is 6.42 Å². The molecule has 1 aromatic heterocycles. The highest BCUT2D eigenvalue weighted by atomic mass is 16.3. The molecule has 0 aromatic carbocycles. The number of aromatic amines is 1. The van der Waals surface area contributed by atoms with Crippen LogP contribution in [-0.4, -0.2) is 21.2 Å². The van der Waals surface area contributed by atoms with Crippen molar-refractivity contribution in [2.75, 3.05) is 0 Å². The van der Waals surface area contributed by atoms with Crippen molar-refractivity contribution in [1.29, 1.82) is 0 Å². The van der Waals surface area contributed by atoms with Gasteiger partial charge < -0.3 is 10.1 Å². The Balaban J connectivity index is 2.06. The molecule has 0 amide bonds. The minimum atomic E-state index is -0.0811. The van der Waals surface area contributed by atoms with Crippen LogP contribution in [0.3, 0.4) is 0 Å². The van der Waals surface area contributed by atoms with Gasteiger partial charge in [0.05, 0.1) is 11.8 Å². The van der Waals surface area contributed by atoms with E-state index >= 15 is 0 Å². The van der Waals surface area contributed by atoms with Gasteiger partial charge in [-0.1, -0.05) is 13.3 Å². The molecule has 90 valence electrons. The third kappa shape index (κ3) is 2.46. The molecule has 16 heavy (non-hydrogen) atoms. The van der Waals surface area contributed by atoms with Gasteiger partial charge in [0, 0.05) is 11.6 Å². The second-order valence-corrected chi connectivity index (χ2v) is 4.95. The molecular weight excluding hydrogens is 200 g/mol. The molecule has 0 spiro atoms. The van der Waals surface area contributed by atoms with Gasteiger partial charge in [-0.15, -0.1) is 0 Å². The summed E-state index contributed by atoms with van der Waals surface area (Å²) in [5, 5.41) is 9.49. The SMILES string of the molecule is CCCc1nc(C2CCC(O)CC2)[nH]c1C. The molecule has 2 N–H and O–H groups in total. The van der Waals surface area contributed by atoms with E-state index in [4.69, 9.17) is 4.98 Å². The predicted molar refractivity (Wildman–Crippen MR) is 64.5 cm³/mol. The van der Waals surface area contributed by atoms with Gasteiger partial charge in [-0.3, -0.25) is 0 Å². The van der Waals surface area contributed by atoms with Crippen LogP contribution in [0, 0.1) is 6.92 Å². The molecule has 1 aromatic rings. The highest BCUT2D eigenvalue weighted by molar-refractivity contribution is 5.15. The zero-order valence-electron chi connectivity index (χ0n) is 10.3. The molecule has 1 fully saturated rings. The number of rotatable bonds is 3. The Kier molecular flexibility index (Phi) is 3.64. The number of nitrogens with one attached hydrogen (secondary N) is 1. The second-order valence-electron chi connectivity index (χ2n) is 4.95. The van der Waals surface area contributed by atoms with Crippen molar-refractivity contribution in [3.63, 3.8) is 0 Å². The summed E-state index contributed by atoms with van der Waals surface area (Å²) in [6.07, 6.45) is 6.12. The molecule has 3 nitrogen and oxygen atoms in total. The number of H-pyrrole nitrogens is 1. The van der Waals surface area contributed by atoms with E-state index in [1.165, 1.54) is 11.4 Å². The Morgan fingerprint density at radius 2 is 2.00 bits per heavy atom. The molecule has 0 unspecified atom stereocenters. The minimum absolute atomic E-state index is 0.0811. The van der Waals surface area contributed by atoms with E-state index in [1.807, 2.05) is 0 Å². The van der Waals surface area contributed by atoms with Crippen molar-refractivity contribution < 1.29 is 5.11 Å². The number of nitrogens with zero attached hydrogens (tertiary/aromatic N) is 1. The molecule has 0 aliphatic heterocycles. The highest BCUT2D eigenvalue weighted by Crippen LogP contribution is 2.31. The maximum Gasteiger partial charge on any atom is 0.109 e. The van der Waals surface area contributed by atoms with E-state index in [0.717, 1.165) is 44.3 Å². The Morgan fingerprint density at radius 1 is 1.31 bits per heavy atom. The zero-order valence-corrected chi connectivity index (χ0v) is 10.3. The van der Waals surface area contributed by atoms with Gasteiger partial charge in [-0.25, -0.2) is 4.98 Å². The van der Waals surface area contributed by atoms with Gasteiger partial charge in [0.2, 0.25) is 0 Å². The topological polar surface area (TPSA) is 48.9 Å². The van der Waals surface area contributed by atoms with Crippen LogP contribution in [0.4, 0.5) is 0 Å². The summed E-state index contributed by atoms with van der Waals surface area (Å²) < 4.78 is 0. The second kappa shape index (κ2) is 5.00. The van der Waals surface area contributed by atoms with Gasteiger partial charge in [0.25, 0.3) is 0 Å². The van der Waals surface area contributed by atoms with E-state index in [0.29, 0.717) is 5.92 Å². The first-order valence-electron chi connectivity index (χ1n) is 6.44. The van der Waals surface area contributed by atoms with Crippen LogP contribution in [0.1, 0.15) is 62.2 Å². The van der Waals surface area contributed by atoms with Crippen molar-refractivity contribution in [3.8, 4) is 0 Å². The predicted octanol–water partition coefficient (Wildman–Crippen LogP) is 2.69. The first-order valence-corrected chi connectivity index (χ1v) is 6.44.